The number of rotatable bonds is 1. The van der Waals surface area contributed by atoms with E-state index in [0.717, 1.165) is 34.6 Å². The van der Waals surface area contributed by atoms with Crippen molar-refractivity contribution in [2.24, 2.45) is 12.5 Å². The average Bonchev–Trinajstić information content (AvgIpc) is 3.29. The minimum Gasteiger partial charge on any atom is -0.456 e. The van der Waals surface area contributed by atoms with Crippen LogP contribution in [0.4, 0.5) is 0 Å². The molecule has 0 fully saturated rings. The molecule has 0 amide bonds. The molecule has 2 aromatic carbocycles. The largest absolute Gasteiger partial charge is 0.456 e. The van der Waals surface area contributed by atoms with Crippen LogP contribution in [0.25, 0.3) is 43.3 Å². The van der Waals surface area contributed by atoms with Gasteiger partial charge in [0.2, 0.25) is 5.69 Å². The van der Waals surface area contributed by atoms with E-state index in [1.54, 1.807) is 11.3 Å². The molecule has 0 radical (unpaired) electrons. The number of hydrogen-bond acceptors (Lipinski definition) is 3. The maximum Gasteiger partial charge on any atom is 0.229 e. The highest BCUT2D eigenvalue weighted by Gasteiger charge is 2.35. The fourth-order valence-electron chi connectivity index (χ4n) is 4.88. The zero-order chi connectivity index (χ0) is 20.8. The summed E-state index contributed by atoms with van der Waals surface area (Å²) >= 11 is 1.74. The van der Waals surface area contributed by atoms with Gasteiger partial charge in [0.05, 0.1) is 10.3 Å². The molecule has 0 bridgehead atoms. The number of thiophene rings is 1. The van der Waals surface area contributed by atoms with Crippen molar-refractivity contribution in [3.63, 3.8) is 0 Å². The van der Waals surface area contributed by atoms with Crippen LogP contribution in [-0.2, 0) is 13.5 Å². The lowest BCUT2D eigenvalue weighted by atomic mass is 9.83. The molecule has 3 nitrogen and oxygen atoms in total. The number of hydrogen-bond donors (Lipinski definition) is 0. The Kier molecular flexibility index (Phi) is 3.51. The van der Waals surface area contributed by atoms with Gasteiger partial charge in [-0.05, 0) is 24.8 Å². The molecule has 1 aliphatic rings. The van der Waals surface area contributed by atoms with Crippen LogP contribution in [0, 0.1) is 12.3 Å². The van der Waals surface area contributed by atoms with E-state index in [4.69, 9.17) is 9.15 Å². The van der Waals surface area contributed by atoms with Crippen molar-refractivity contribution in [3.05, 3.63) is 53.0 Å². The zero-order valence-corrected chi connectivity index (χ0v) is 18.7. The highest BCUT2D eigenvalue weighted by atomic mass is 32.1. The summed E-state index contributed by atoms with van der Waals surface area (Å²) in [7, 11) is 2.12. The van der Waals surface area contributed by atoms with Gasteiger partial charge < -0.3 is 9.15 Å². The first kappa shape index (κ1) is 18.0. The second-order valence-electron chi connectivity index (χ2n) is 9.56. The summed E-state index contributed by atoms with van der Waals surface area (Å²) in [6, 6.07) is 10.5. The van der Waals surface area contributed by atoms with E-state index in [1.165, 1.54) is 37.7 Å². The van der Waals surface area contributed by atoms with Crippen molar-refractivity contribution in [2.45, 2.75) is 34.1 Å². The van der Waals surface area contributed by atoms with E-state index in [0.29, 0.717) is 0 Å². The number of benzene rings is 2. The van der Waals surface area contributed by atoms with Gasteiger partial charge in [-0.3, -0.25) is 0 Å². The third kappa shape index (κ3) is 2.34. The number of ether oxygens (including phenoxy) is 1. The van der Waals surface area contributed by atoms with Crippen molar-refractivity contribution in [1.82, 2.24) is 0 Å². The molecule has 6 rings (SSSR count). The minimum atomic E-state index is 0.112. The Morgan fingerprint density at radius 1 is 1.07 bits per heavy atom. The van der Waals surface area contributed by atoms with E-state index in [1.807, 2.05) is 6.07 Å². The molecule has 4 heteroatoms. The summed E-state index contributed by atoms with van der Waals surface area (Å²) in [5.74, 6) is 1.96. The molecule has 0 aliphatic carbocycles. The molecule has 0 unspecified atom stereocenters. The summed E-state index contributed by atoms with van der Waals surface area (Å²) in [6.07, 6.45) is 3.06. The molecule has 150 valence electrons. The second-order valence-corrected chi connectivity index (χ2v) is 10.5. The lowest BCUT2D eigenvalue weighted by Gasteiger charge is -2.25. The topological polar surface area (TPSA) is 26.2 Å². The third-order valence-corrected chi connectivity index (χ3v) is 7.02. The summed E-state index contributed by atoms with van der Waals surface area (Å²) in [6.45, 7) is 9.02. The molecule has 0 saturated heterocycles. The maximum absolute atomic E-state index is 6.68. The summed E-state index contributed by atoms with van der Waals surface area (Å²) in [5, 5.41) is 5.72. The summed E-state index contributed by atoms with van der Waals surface area (Å²) in [4.78, 5) is 0. The molecule has 0 spiro atoms. The van der Waals surface area contributed by atoms with E-state index >= 15 is 0 Å². The van der Waals surface area contributed by atoms with Gasteiger partial charge in [-0.1, -0.05) is 39.0 Å². The van der Waals surface area contributed by atoms with Gasteiger partial charge in [0.25, 0.3) is 0 Å². The van der Waals surface area contributed by atoms with Crippen LogP contribution in [0.5, 0.6) is 11.5 Å². The van der Waals surface area contributed by atoms with Crippen LogP contribution in [-0.4, -0.2) is 0 Å². The highest BCUT2D eigenvalue weighted by molar-refractivity contribution is 7.17. The SMILES string of the molecule is Cc1c2c(c(CC(C)(C)C)c3c1oc1ccccc13)Oc1csc3cc[n+](C)c-2c13. The molecular weight excluding hydrogens is 390 g/mol. The van der Waals surface area contributed by atoms with Gasteiger partial charge in [0, 0.05) is 33.3 Å². The van der Waals surface area contributed by atoms with E-state index in [2.05, 4.69) is 75.2 Å². The Balaban J connectivity index is 1.84. The van der Waals surface area contributed by atoms with Gasteiger partial charge in [-0.2, -0.15) is 0 Å². The fourth-order valence-corrected chi connectivity index (χ4v) is 5.74. The van der Waals surface area contributed by atoms with E-state index < -0.39 is 0 Å². The first-order valence-corrected chi connectivity index (χ1v) is 11.3. The van der Waals surface area contributed by atoms with E-state index in [-0.39, 0.29) is 5.41 Å². The monoisotopic (exact) mass is 414 g/mol. The molecule has 0 atom stereocenters. The quantitative estimate of drug-likeness (QED) is 0.264. The van der Waals surface area contributed by atoms with E-state index in [9.17, 15) is 0 Å². The van der Waals surface area contributed by atoms with Crippen LogP contribution in [0.1, 0.15) is 31.9 Å². The predicted octanol–water partition coefficient (Wildman–Crippen LogP) is 7.29. The number of pyridine rings is 1. The number of aromatic nitrogens is 1. The third-order valence-electron chi connectivity index (χ3n) is 6.09. The normalized spacial score (nSPS) is 13.2. The number of para-hydroxylation sites is 1. The van der Waals surface area contributed by atoms with Crippen LogP contribution < -0.4 is 9.30 Å². The molecule has 0 N–H and O–H groups in total. The standard InChI is InChI=1S/C26H24NO2S/c1-14-20-23-22-18(13-30-19(22)10-11-27(23)5)29-25(20)16(12-26(2,3)4)21-15-8-6-7-9-17(15)28-24(14)21/h6-11,13H,12H2,1-5H3/q+1. The number of fused-ring (bicyclic) bond motifs is 5. The molecule has 5 aromatic rings. The Morgan fingerprint density at radius 3 is 2.67 bits per heavy atom. The number of furan rings is 1. The second kappa shape index (κ2) is 5.86. The van der Waals surface area contributed by atoms with Crippen LogP contribution >= 0.6 is 11.3 Å². The smallest absolute Gasteiger partial charge is 0.229 e. The highest BCUT2D eigenvalue weighted by Crippen LogP contribution is 2.54. The molecule has 30 heavy (non-hydrogen) atoms. The fraction of sp³-hybridized carbons (Fsp3) is 0.269. The van der Waals surface area contributed by atoms with Gasteiger partial charge in [0.1, 0.15) is 29.3 Å². The number of aryl methyl sites for hydroxylation is 2. The Hall–Kier alpha value is -2.85. The van der Waals surface area contributed by atoms with Gasteiger partial charge in [-0.15, -0.1) is 11.3 Å². The van der Waals surface area contributed by atoms with Crippen molar-refractivity contribution in [2.75, 3.05) is 0 Å². The summed E-state index contributed by atoms with van der Waals surface area (Å²) in [5.41, 5.74) is 6.81. The van der Waals surface area contributed by atoms with Crippen LogP contribution in [0.3, 0.4) is 0 Å². The van der Waals surface area contributed by atoms with Crippen LogP contribution in [0.2, 0.25) is 0 Å². The molecular formula is C26H24NO2S+. The molecule has 3 aromatic heterocycles. The number of nitrogens with zero attached hydrogens (tertiary/aromatic N) is 1. The van der Waals surface area contributed by atoms with Gasteiger partial charge >= 0.3 is 0 Å². The average molecular weight is 415 g/mol. The van der Waals surface area contributed by atoms with Crippen molar-refractivity contribution in [1.29, 1.82) is 0 Å². The summed E-state index contributed by atoms with van der Waals surface area (Å²) < 4.78 is 16.6. The molecule has 1 aliphatic heterocycles. The van der Waals surface area contributed by atoms with Crippen molar-refractivity contribution in [3.8, 4) is 22.8 Å². The lowest BCUT2D eigenvalue weighted by molar-refractivity contribution is -0.659. The van der Waals surface area contributed by atoms with Gasteiger partial charge in [0.15, 0.2) is 11.9 Å². The van der Waals surface area contributed by atoms with Crippen LogP contribution in [0.15, 0.2) is 46.3 Å². The Morgan fingerprint density at radius 2 is 1.87 bits per heavy atom. The molecule has 4 heterocycles. The zero-order valence-electron chi connectivity index (χ0n) is 17.9. The lowest BCUT2D eigenvalue weighted by Crippen LogP contribution is -2.31. The Labute approximate surface area is 179 Å². The maximum atomic E-state index is 6.68. The first-order chi connectivity index (χ1) is 14.3. The van der Waals surface area contributed by atoms with Gasteiger partial charge in [-0.25, -0.2) is 4.57 Å². The minimum absolute atomic E-state index is 0.112. The first-order valence-electron chi connectivity index (χ1n) is 10.4. The molecule has 0 saturated carbocycles. The van der Waals surface area contributed by atoms with Crippen molar-refractivity contribution < 1.29 is 13.7 Å². The predicted molar refractivity (Wildman–Crippen MR) is 124 cm³/mol. The van der Waals surface area contributed by atoms with Crippen molar-refractivity contribution >= 4 is 43.4 Å². The Bertz CT molecular complexity index is 1500.